The molecule has 0 N–H and O–H groups in total. The zero-order valence-electron chi connectivity index (χ0n) is 31.3. The molecule has 4 heterocycles. The number of pyridine rings is 1. The number of hydrogen-bond donors (Lipinski definition) is 0. The molecule has 272 valence electrons. The van der Waals surface area contributed by atoms with E-state index in [1.54, 1.807) is 0 Å². The van der Waals surface area contributed by atoms with E-state index in [4.69, 9.17) is 19.9 Å². The van der Waals surface area contributed by atoms with E-state index in [0.717, 1.165) is 61.7 Å². The first-order valence-electron chi connectivity index (χ1n) is 19.4. The van der Waals surface area contributed by atoms with Crippen LogP contribution in [0.5, 0.6) is 0 Å². The summed E-state index contributed by atoms with van der Waals surface area (Å²) in [6, 6.07) is 69.5. The van der Waals surface area contributed by atoms with Gasteiger partial charge in [0.1, 0.15) is 5.65 Å². The monoisotopic (exact) mass is 742 g/mol. The highest BCUT2D eigenvalue weighted by atomic mass is 15.0. The van der Waals surface area contributed by atoms with Crippen molar-refractivity contribution in [2.24, 2.45) is 0 Å². The lowest BCUT2D eigenvalue weighted by atomic mass is 9.97. The van der Waals surface area contributed by atoms with Crippen molar-refractivity contribution in [2.45, 2.75) is 0 Å². The summed E-state index contributed by atoms with van der Waals surface area (Å²) >= 11 is 0. The van der Waals surface area contributed by atoms with Crippen molar-refractivity contribution in [3.8, 4) is 73.5 Å². The third-order valence-electron chi connectivity index (χ3n) is 10.8. The third kappa shape index (κ3) is 5.83. The number of hydrogen-bond acceptors (Lipinski definition) is 4. The molecule has 58 heavy (non-hydrogen) atoms. The van der Waals surface area contributed by atoms with Gasteiger partial charge in [0.05, 0.1) is 22.4 Å². The molecular weight excluding hydrogens is 709 g/mol. The van der Waals surface area contributed by atoms with Gasteiger partial charge in [-0.3, -0.25) is 4.40 Å². The number of fused-ring (bicyclic) bond motifs is 4. The van der Waals surface area contributed by atoms with Crippen molar-refractivity contribution >= 4 is 27.5 Å². The molecule has 0 fully saturated rings. The van der Waals surface area contributed by atoms with E-state index < -0.39 is 0 Å². The summed E-state index contributed by atoms with van der Waals surface area (Å²) in [7, 11) is 0. The molecule has 0 aliphatic carbocycles. The molecule has 0 aliphatic heterocycles. The van der Waals surface area contributed by atoms with E-state index in [0.29, 0.717) is 17.5 Å². The topological polar surface area (TPSA) is 60.9 Å². The smallest absolute Gasteiger partial charge is 0.164 e. The SMILES string of the molecule is c1ccc(-c2nc(-c3ccccc3)nc(-c3cccc(-c4cccc(-c5nc6ccccn6c5-c5ccc6c(c5)c5ccccc5n6-c5ccccc5)c4)c3)n2)cc1. The molecule has 0 amide bonds. The standard InChI is InChI=1S/C52H34N6/c1-4-16-35(17-5-1)50-54-51(36-18-6-2-7-19-36)56-52(55-50)41-23-15-21-38(33-41)37-20-14-22-39(32-37)48-49(57-31-13-12-28-47(57)53-48)40-29-30-46-44(34-40)43-26-10-11-27-45(43)58(46)42-24-8-3-9-25-42/h1-34H. The molecule has 6 nitrogen and oxygen atoms in total. The van der Waals surface area contributed by atoms with Crippen LogP contribution in [0.15, 0.2) is 206 Å². The summed E-state index contributed by atoms with van der Waals surface area (Å²) in [6.07, 6.45) is 2.11. The van der Waals surface area contributed by atoms with Crippen molar-refractivity contribution in [3.05, 3.63) is 206 Å². The van der Waals surface area contributed by atoms with Crippen LogP contribution in [0.4, 0.5) is 0 Å². The van der Waals surface area contributed by atoms with Gasteiger partial charge < -0.3 is 4.57 Å². The molecule has 0 saturated carbocycles. The summed E-state index contributed by atoms with van der Waals surface area (Å²) in [5.41, 5.74) is 13.4. The van der Waals surface area contributed by atoms with Crippen LogP contribution < -0.4 is 0 Å². The van der Waals surface area contributed by atoms with Gasteiger partial charge in [0.25, 0.3) is 0 Å². The zero-order chi connectivity index (χ0) is 38.4. The van der Waals surface area contributed by atoms with Crippen molar-refractivity contribution in [3.63, 3.8) is 0 Å². The fraction of sp³-hybridized carbons (Fsp3) is 0. The second-order valence-corrected chi connectivity index (χ2v) is 14.4. The molecule has 11 aromatic rings. The molecule has 11 rings (SSSR count). The van der Waals surface area contributed by atoms with Crippen LogP contribution in [0, 0.1) is 0 Å². The molecule has 0 aliphatic rings. The van der Waals surface area contributed by atoms with Crippen molar-refractivity contribution in [2.75, 3.05) is 0 Å². The van der Waals surface area contributed by atoms with Crippen LogP contribution in [-0.2, 0) is 0 Å². The molecule has 0 spiro atoms. The minimum atomic E-state index is 0.623. The highest BCUT2D eigenvalue weighted by Gasteiger charge is 2.20. The van der Waals surface area contributed by atoms with Crippen LogP contribution in [0.3, 0.4) is 0 Å². The summed E-state index contributed by atoms with van der Waals surface area (Å²) in [4.78, 5) is 20.1. The van der Waals surface area contributed by atoms with E-state index in [1.165, 1.54) is 21.8 Å². The minimum Gasteiger partial charge on any atom is -0.309 e. The first-order valence-corrected chi connectivity index (χ1v) is 19.4. The summed E-state index contributed by atoms with van der Waals surface area (Å²) in [5, 5.41) is 2.41. The fourth-order valence-corrected chi connectivity index (χ4v) is 8.07. The van der Waals surface area contributed by atoms with E-state index in [9.17, 15) is 0 Å². The van der Waals surface area contributed by atoms with Gasteiger partial charge in [-0.15, -0.1) is 0 Å². The Balaban J connectivity index is 1.03. The quantitative estimate of drug-likeness (QED) is 0.163. The maximum absolute atomic E-state index is 5.26. The maximum Gasteiger partial charge on any atom is 0.164 e. The van der Waals surface area contributed by atoms with E-state index in [2.05, 4.69) is 149 Å². The van der Waals surface area contributed by atoms with Gasteiger partial charge in [-0.2, -0.15) is 0 Å². The molecule has 0 radical (unpaired) electrons. The highest BCUT2D eigenvalue weighted by molar-refractivity contribution is 6.10. The minimum absolute atomic E-state index is 0.623. The Hall–Kier alpha value is -7.96. The maximum atomic E-state index is 5.26. The normalized spacial score (nSPS) is 11.4. The predicted octanol–water partition coefficient (Wildman–Crippen LogP) is 12.6. The Morgan fingerprint density at radius 2 is 0.862 bits per heavy atom. The van der Waals surface area contributed by atoms with Gasteiger partial charge in [-0.1, -0.05) is 146 Å². The van der Waals surface area contributed by atoms with Gasteiger partial charge in [0, 0.05) is 50.5 Å². The molecule has 7 aromatic carbocycles. The van der Waals surface area contributed by atoms with Crippen LogP contribution in [0.1, 0.15) is 0 Å². The molecule has 0 atom stereocenters. The summed E-state index contributed by atoms with van der Waals surface area (Å²) in [5.74, 6) is 1.90. The summed E-state index contributed by atoms with van der Waals surface area (Å²) < 4.78 is 4.55. The van der Waals surface area contributed by atoms with Gasteiger partial charge in [0.2, 0.25) is 0 Å². The number of imidazole rings is 1. The number of rotatable bonds is 7. The Labute approximate surface area is 335 Å². The lowest BCUT2D eigenvalue weighted by Crippen LogP contribution is -2.00. The molecular formula is C52H34N6. The van der Waals surface area contributed by atoms with Gasteiger partial charge in [-0.05, 0) is 65.7 Å². The lowest BCUT2D eigenvalue weighted by Gasteiger charge is -2.11. The largest absolute Gasteiger partial charge is 0.309 e. The van der Waals surface area contributed by atoms with E-state index in [1.807, 2.05) is 66.7 Å². The Morgan fingerprint density at radius 1 is 0.328 bits per heavy atom. The van der Waals surface area contributed by atoms with E-state index >= 15 is 0 Å². The number of benzene rings is 7. The average molecular weight is 743 g/mol. The molecule has 0 bridgehead atoms. The zero-order valence-corrected chi connectivity index (χ0v) is 31.3. The van der Waals surface area contributed by atoms with Crippen molar-refractivity contribution < 1.29 is 0 Å². The van der Waals surface area contributed by atoms with Gasteiger partial charge >= 0.3 is 0 Å². The lowest BCUT2D eigenvalue weighted by molar-refractivity contribution is 1.07. The van der Waals surface area contributed by atoms with Crippen molar-refractivity contribution in [1.29, 1.82) is 0 Å². The molecule has 0 saturated heterocycles. The first kappa shape index (κ1) is 33.4. The van der Waals surface area contributed by atoms with Crippen molar-refractivity contribution in [1.82, 2.24) is 28.9 Å². The fourth-order valence-electron chi connectivity index (χ4n) is 8.07. The number of aromatic nitrogens is 6. The Bertz CT molecular complexity index is 3220. The third-order valence-corrected chi connectivity index (χ3v) is 10.8. The second kappa shape index (κ2) is 14.0. The summed E-state index contributed by atoms with van der Waals surface area (Å²) in [6.45, 7) is 0. The van der Waals surface area contributed by atoms with Crippen LogP contribution in [0.25, 0.3) is 101 Å². The average Bonchev–Trinajstić information content (AvgIpc) is 3.86. The van der Waals surface area contributed by atoms with E-state index in [-0.39, 0.29) is 0 Å². The van der Waals surface area contributed by atoms with Gasteiger partial charge in [-0.25, -0.2) is 19.9 Å². The Kier molecular flexibility index (Phi) is 8.04. The Morgan fingerprint density at radius 3 is 1.57 bits per heavy atom. The highest BCUT2D eigenvalue weighted by Crippen LogP contribution is 2.39. The van der Waals surface area contributed by atoms with Crippen LogP contribution in [0.2, 0.25) is 0 Å². The molecule has 6 heteroatoms. The predicted molar refractivity (Wildman–Crippen MR) is 236 cm³/mol. The molecule has 0 unspecified atom stereocenters. The number of para-hydroxylation sites is 2. The second-order valence-electron chi connectivity index (χ2n) is 14.4. The number of nitrogens with zero attached hydrogens (tertiary/aromatic N) is 6. The van der Waals surface area contributed by atoms with Crippen LogP contribution in [-0.4, -0.2) is 28.9 Å². The van der Waals surface area contributed by atoms with Gasteiger partial charge in [0.15, 0.2) is 17.5 Å². The molecule has 4 aromatic heterocycles. The van der Waals surface area contributed by atoms with Crippen LogP contribution >= 0.6 is 0 Å². The first-order chi connectivity index (χ1) is 28.7.